The summed E-state index contributed by atoms with van der Waals surface area (Å²) in [5.41, 5.74) is 5.70. The Morgan fingerprint density at radius 2 is 2.08 bits per heavy atom. The number of carbonyl (C=O) groups excluding carboxylic acids is 2. The average molecular weight is 370 g/mol. The predicted molar refractivity (Wildman–Crippen MR) is 94.9 cm³/mol. The summed E-state index contributed by atoms with van der Waals surface area (Å²) in [4.78, 5) is 22.7. The molecule has 7 nitrogen and oxygen atoms in total. The molecule has 1 atom stereocenters. The van der Waals surface area contributed by atoms with Gasteiger partial charge in [0.25, 0.3) is 0 Å². The molecule has 0 radical (unpaired) electrons. The molecule has 1 fully saturated rings. The lowest BCUT2D eigenvalue weighted by Crippen LogP contribution is -2.51. The van der Waals surface area contributed by atoms with Crippen molar-refractivity contribution in [1.82, 2.24) is 10.6 Å². The number of rotatable bonds is 6. The Balaban J connectivity index is 2.22. The zero-order valence-corrected chi connectivity index (χ0v) is 15.2. The van der Waals surface area contributed by atoms with Gasteiger partial charge in [-0.05, 0) is 38.0 Å². The second-order valence-electron chi connectivity index (χ2n) is 6.19. The first-order valence-electron chi connectivity index (χ1n) is 8.13. The number of urea groups is 1. The van der Waals surface area contributed by atoms with E-state index in [0.29, 0.717) is 24.8 Å². The van der Waals surface area contributed by atoms with Crippen molar-refractivity contribution in [1.29, 1.82) is 0 Å². The fourth-order valence-corrected chi connectivity index (χ4v) is 3.24. The molecule has 0 bridgehead atoms. The molecule has 0 aliphatic carbocycles. The molecule has 0 aromatic heterocycles. The van der Waals surface area contributed by atoms with Gasteiger partial charge in [-0.1, -0.05) is 11.6 Å². The summed E-state index contributed by atoms with van der Waals surface area (Å²) in [5.74, 6) is 0.287. The van der Waals surface area contributed by atoms with E-state index in [9.17, 15) is 9.59 Å². The third-order valence-electron chi connectivity index (χ3n) is 4.57. The quantitative estimate of drug-likeness (QED) is 0.706. The predicted octanol–water partition coefficient (Wildman–Crippen LogP) is 1.57. The summed E-state index contributed by atoms with van der Waals surface area (Å²) >= 11 is 6.20. The zero-order valence-electron chi connectivity index (χ0n) is 14.4. The van der Waals surface area contributed by atoms with Crippen molar-refractivity contribution >= 4 is 23.5 Å². The van der Waals surface area contributed by atoms with Gasteiger partial charge in [-0.3, -0.25) is 10.1 Å². The van der Waals surface area contributed by atoms with E-state index >= 15 is 0 Å². The maximum Gasteiger partial charge on any atom is 0.318 e. The van der Waals surface area contributed by atoms with E-state index in [1.807, 2.05) is 12.1 Å². The van der Waals surface area contributed by atoms with Gasteiger partial charge in [-0.15, -0.1) is 0 Å². The molecule has 0 unspecified atom stereocenters. The van der Waals surface area contributed by atoms with Crippen LogP contribution in [0.25, 0.3) is 0 Å². The molecule has 1 aromatic rings. The highest BCUT2D eigenvalue weighted by Crippen LogP contribution is 2.40. The summed E-state index contributed by atoms with van der Waals surface area (Å²) in [5, 5.41) is 5.90. The van der Waals surface area contributed by atoms with Gasteiger partial charge in [0.15, 0.2) is 0 Å². The third kappa shape index (κ3) is 4.84. The van der Waals surface area contributed by atoms with Crippen LogP contribution in [0.5, 0.6) is 5.75 Å². The summed E-state index contributed by atoms with van der Waals surface area (Å²) < 4.78 is 11.0. The van der Waals surface area contributed by atoms with Gasteiger partial charge in [-0.25, -0.2) is 4.79 Å². The number of nitrogens with one attached hydrogen (secondary N) is 2. The number of ether oxygens (including phenoxy) is 2. The minimum Gasteiger partial charge on any atom is -0.496 e. The van der Waals surface area contributed by atoms with Crippen molar-refractivity contribution in [2.75, 3.05) is 26.9 Å². The Morgan fingerprint density at radius 3 is 2.68 bits per heavy atom. The first-order valence-corrected chi connectivity index (χ1v) is 8.51. The van der Waals surface area contributed by atoms with Crippen LogP contribution in [-0.4, -0.2) is 44.8 Å². The highest BCUT2D eigenvalue weighted by Gasteiger charge is 2.37. The molecule has 2 rings (SSSR count). The van der Waals surface area contributed by atoms with Crippen molar-refractivity contribution in [3.63, 3.8) is 0 Å². The molecule has 1 aliphatic heterocycles. The molecule has 4 N–H and O–H groups in total. The monoisotopic (exact) mass is 369 g/mol. The van der Waals surface area contributed by atoms with E-state index < -0.39 is 18.0 Å². The molecule has 1 saturated heterocycles. The van der Waals surface area contributed by atoms with Gasteiger partial charge in [0.05, 0.1) is 13.2 Å². The largest absolute Gasteiger partial charge is 0.496 e. The van der Waals surface area contributed by atoms with Gasteiger partial charge in [0.1, 0.15) is 5.75 Å². The van der Waals surface area contributed by atoms with E-state index in [0.717, 1.165) is 24.2 Å². The van der Waals surface area contributed by atoms with Crippen LogP contribution in [0.3, 0.4) is 0 Å². The average Bonchev–Trinajstić information content (AvgIpc) is 2.59. The Labute approximate surface area is 152 Å². The Bertz CT molecular complexity index is 632. The lowest BCUT2D eigenvalue weighted by atomic mass is 9.73. The summed E-state index contributed by atoms with van der Waals surface area (Å²) in [7, 11) is 1.62. The number of nitrogens with two attached hydrogens (primary N) is 1. The van der Waals surface area contributed by atoms with Crippen LogP contribution in [0.15, 0.2) is 18.2 Å². The smallest absolute Gasteiger partial charge is 0.318 e. The maximum atomic E-state index is 11.9. The minimum atomic E-state index is -0.865. The van der Waals surface area contributed by atoms with Crippen LogP contribution in [0.4, 0.5) is 4.79 Å². The van der Waals surface area contributed by atoms with Crippen LogP contribution in [0.2, 0.25) is 5.02 Å². The Kier molecular flexibility index (Phi) is 6.64. The van der Waals surface area contributed by atoms with Crippen molar-refractivity contribution < 1.29 is 19.1 Å². The van der Waals surface area contributed by atoms with E-state index in [2.05, 4.69) is 10.6 Å². The van der Waals surface area contributed by atoms with E-state index in [1.165, 1.54) is 0 Å². The Hall–Kier alpha value is -1.83. The fraction of sp³-hybridized carbons (Fsp3) is 0.529. The molecule has 8 heteroatoms. The van der Waals surface area contributed by atoms with Crippen molar-refractivity contribution in [3.05, 3.63) is 28.8 Å². The number of hydrogen-bond donors (Lipinski definition) is 3. The first kappa shape index (κ1) is 19.5. The normalized spacial score (nSPS) is 17.6. The van der Waals surface area contributed by atoms with Gasteiger partial charge in [0, 0.05) is 35.8 Å². The number of imide groups is 1. The van der Waals surface area contributed by atoms with Crippen molar-refractivity contribution in [2.45, 2.75) is 31.2 Å². The lowest BCUT2D eigenvalue weighted by molar-refractivity contribution is -0.121. The lowest BCUT2D eigenvalue weighted by Gasteiger charge is -2.39. The molecule has 1 heterocycles. The third-order valence-corrected chi connectivity index (χ3v) is 4.80. The minimum absolute atomic E-state index is 0.282. The summed E-state index contributed by atoms with van der Waals surface area (Å²) in [6.07, 6.45) is 1.53. The van der Waals surface area contributed by atoms with Gasteiger partial charge >= 0.3 is 6.03 Å². The number of amides is 3. The van der Waals surface area contributed by atoms with Crippen LogP contribution in [0.1, 0.15) is 25.3 Å². The topological polar surface area (TPSA) is 103 Å². The van der Waals surface area contributed by atoms with Gasteiger partial charge in [-0.2, -0.15) is 0 Å². The Morgan fingerprint density at radius 1 is 1.40 bits per heavy atom. The number of benzene rings is 1. The number of halogens is 1. The molecule has 3 amide bonds. The van der Waals surface area contributed by atoms with Gasteiger partial charge in [0.2, 0.25) is 5.91 Å². The second-order valence-corrected chi connectivity index (χ2v) is 6.63. The van der Waals surface area contributed by atoms with E-state index in [1.54, 1.807) is 20.1 Å². The number of hydrogen-bond acceptors (Lipinski definition) is 5. The molecular formula is C17H24ClN3O4. The number of carbonyl (C=O) groups is 2. The van der Waals surface area contributed by atoms with Crippen LogP contribution < -0.4 is 21.1 Å². The number of primary amides is 1. The molecule has 138 valence electrons. The van der Waals surface area contributed by atoms with Gasteiger partial charge < -0.3 is 20.5 Å². The fourth-order valence-electron chi connectivity index (χ4n) is 3.07. The van der Waals surface area contributed by atoms with Crippen LogP contribution in [0, 0.1) is 0 Å². The van der Waals surface area contributed by atoms with E-state index in [4.69, 9.17) is 26.8 Å². The highest BCUT2D eigenvalue weighted by molar-refractivity contribution is 6.30. The SMILES string of the molecule is COc1ccc(Cl)cc1C1(CN[C@H](C)C(=O)NC(N)=O)CCOCC1. The summed E-state index contributed by atoms with van der Waals surface area (Å²) in [6, 6.07) is 4.10. The molecule has 1 aliphatic rings. The molecule has 25 heavy (non-hydrogen) atoms. The molecule has 1 aromatic carbocycles. The molecular weight excluding hydrogens is 346 g/mol. The first-order chi connectivity index (χ1) is 11.9. The summed E-state index contributed by atoms with van der Waals surface area (Å²) in [6.45, 7) is 3.42. The van der Waals surface area contributed by atoms with E-state index in [-0.39, 0.29) is 5.41 Å². The zero-order chi connectivity index (χ0) is 18.4. The second kappa shape index (κ2) is 8.51. The van der Waals surface area contributed by atoms with Crippen molar-refractivity contribution in [2.24, 2.45) is 5.73 Å². The van der Waals surface area contributed by atoms with Crippen LogP contribution in [-0.2, 0) is 14.9 Å². The maximum absolute atomic E-state index is 11.9. The van der Waals surface area contributed by atoms with Crippen molar-refractivity contribution in [3.8, 4) is 5.75 Å². The number of methoxy groups -OCH3 is 1. The van der Waals surface area contributed by atoms with Crippen LogP contribution >= 0.6 is 11.6 Å². The molecule has 0 saturated carbocycles. The highest BCUT2D eigenvalue weighted by atomic mass is 35.5. The standard InChI is InChI=1S/C17H24ClN3O4/c1-11(15(22)21-16(19)23)20-10-17(5-7-25-8-6-17)13-9-12(18)3-4-14(13)24-2/h3-4,9,11,20H,5-8,10H2,1-2H3,(H3,19,21,22,23)/t11-/m1/s1. The molecule has 0 spiro atoms.